The van der Waals surface area contributed by atoms with Gasteiger partial charge >= 0.3 is 0 Å². The average Bonchev–Trinajstić information content (AvgIpc) is 2.99. The first-order valence-corrected chi connectivity index (χ1v) is 9.62. The molecule has 1 unspecified atom stereocenters. The van der Waals surface area contributed by atoms with E-state index in [9.17, 15) is 0 Å². The van der Waals surface area contributed by atoms with Gasteiger partial charge in [-0.3, -0.25) is 9.88 Å². The van der Waals surface area contributed by atoms with Gasteiger partial charge in [-0.25, -0.2) is 9.97 Å². The molecule has 2 aliphatic rings. The fraction of sp³-hybridized carbons (Fsp3) is 0.409. The highest BCUT2D eigenvalue weighted by Gasteiger charge is 2.43. The third-order valence-electron chi connectivity index (χ3n) is 6.15. The minimum Gasteiger partial charge on any atom is -0.298 e. The van der Waals surface area contributed by atoms with Crippen LogP contribution in [0.1, 0.15) is 41.9 Å². The lowest BCUT2D eigenvalue weighted by molar-refractivity contribution is 0.137. The average molecular weight is 344 g/mol. The molecule has 0 bridgehead atoms. The van der Waals surface area contributed by atoms with Crippen molar-refractivity contribution in [1.29, 1.82) is 0 Å². The van der Waals surface area contributed by atoms with Gasteiger partial charge < -0.3 is 0 Å². The Morgan fingerprint density at radius 2 is 2.04 bits per heavy atom. The summed E-state index contributed by atoms with van der Waals surface area (Å²) in [5.74, 6) is 0.905. The zero-order valence-corrected chi connectivity index (χ0v) is 15.3. The highest BCUT2D eigenvalue weighted by molar-refractivity contribution is 5.81. The van der Waals surface area contributed by atoms with E-state index in [0.717, 1.165) is 37.4 Å². The van der Waals surface area contributed by atoms with E-state index in [4.69, 9.17) is 4.98 Å². The second kappa shape index (κ2) is 6.13. The molecule has 26 heavy (non-hydrogen) atoms. The predicted molar refractivity (Wildman–Crippen MR) is 103 cm³/mol. The fourth-order valence-corrected chi connectivity index (χ4v) is 4.92. The molecule has 0 radical (unpaired) electrons. The third kappa shape index (κ3) is 2.60. The normalized spacial score (nSPS) is 22.8. The first kappa shape index (κ1) is 15.9. The van der Waals surface area contributed by atoms with E-state index >= 15 is 0 Å². The summed E-state index contributed by atoms with van der Waals surface area (Å²) in [5, 5.41) is 1.28. The van der Waals surface area contributed by atoms with Gasteiger partial charge in [0, 0.05) is 36.3 Å². The summed E-state index contributed by atoms with van der Waals surface area (Å²) < 4.78 is 0. The van der Waals surface area contributed by atoms with Crippen LogP contribution in [0.15, 0.2) is 42.7 Å². The molecule has 1 aliphatic heterocycles. The van der Waals surface area contributed by atoms with Crippen molar-refractivity contribution < 1.29 is 0 Å². The van der Waals surface area contributed by atoms with Gasteiger partial charge in [-0.15, -0.1) is 0 Å². The van der Waals surface area contributed by atoms with Crippen molar-refractivity contribution in [2.24, 2.45) is 0 Å². The molecule has 4 heteroatoms. The van der Waals surface area contributed by atoms with Crippen LogP contribution in [0, 0.1) is 6.92 Å². The van der Waals surface area contributed by atoms with Crippen LogP contribution in [0.5, 0.6) is 0 Å². The number of aryl methyl sites for hydroxylation is 2. The van der Waals surface area contributed by atoms with Crippen molar-refractivity contribution in [3.63, 3.8) is 0 Å². The number of likely N-dealkylation sites (tertiary alicyclic amines) is 1. The molecule has 4 nitrogen and oxygen atoms in total. The number of para-hydroxylation sites is 1. The van der Waals surface area contributed by atoms with Crippen LogP contribution in [0.2, 0.25) is 0 Å². The van der Waals surface area contributed by atoms with Crippen molar-refractivity contribution >= 4 is 10.9 Å². The maximum absolute atomic E-state index is 4.87. The molecule has 3 heterocycles. The number of pyridine rings is 1. The Balaban J connectivity index is 1.45. The van der Waals surface area contributed by atoms with Gasteiger partial charge in [0.2, 0.25) is 0 Å². The van der Waals surface area contributed by atoms with Crippen LogP contribution in [0.4, 0.5) is 0 Å². The third-order valence-corrected chi connectivity index (χ3v) is 6.15. The molecule has 5 rings (SSSR count). The van der Waals surface area contributed by atoms with Gasteiger partial charge in [-0.1, -0.05) is 18.2 Å². The fourth-order valence-electron chi connectivity index (χ4n) is 4.92. The molecule has 0 N–H and O–H groups in total. The summed E-state index contributed by atoms with van der Waals surface area (Å²) >= 11 is 0. The van der Waals surface area contributed by atoms with E-state index in [1.807, 2.05) is 13.1 Å². The van der Waals surface area contributed by atoms with Gasteiger partial charge in [0.25, 0.3) is 0 Å². The predicted octanol–water partition coefficient (Wildman–Crippen LogP) is 3.81. The lowest BCUT2D eigenvalue weighted by Crippen LogP contribution is -2.45. The first-order chi connectivity index (χ1) is 12.7. The summed E-state index contributed by atoms with van der Waals surface area (Å²) in [7, 11) is 0. The topological polar surface area (TPSA) is 41.9 Å². The van der Waals surface area contributed by atoms with E-state index in [1.165, 1.54) is 41.5 Å². The zero-order valence-electron chi connectivity index (χ0n) is 15.3. The number of benzene rings is 1. The number of aromatic nitrogens is 3. The number of fused-ring (bicyclic) bond motifs is 3. The Morgan fingerprint density at radius 3 is 3.00 bits per heavy atom. The van der Waals surface area contributed by atoms with Crippen LogP contribution in [0.25, 0.3) is 10.9 Å². The van der Waals surface area contributed by atoms with Crippen LogP contribution in [-0.4, -0.2) is 32.9 Å². The van der Waals surface area contributed by atoms with Crippen molar-refractivity contribution in [2.75, 3.05) is 13.1 Å². The molecule has 2 aromatic heterocycles. The molecule has 1 spiro atoms. The lowest BCUT2D eigenvalue weighted by Gasteiger charge is -2.40. The summed E-state index contributed by atoms with van der Waals surface area (Å²) in [6, 6.07) is 10.6. The molecular formula is C22H24N4. The number of piperidine rings is 1. The maximum Gasteiger partial charge on any atom is 0.125 e. The molecule has 0 amide bonds. The van der Waals surface area contributed by atoms with Crippen molar-refractivity contribution in [1.82, 2.24) is 19.9 Å². The van der Waals surface area contributed by atoms with E-state index in [0.29, 0.717) is 0 Å². The molecule has 132 valence electrons. The number of nitrogens with zero attached hydrogens (tertiary/aromatic N) is 4. The van der Waals surface area contributed by atoms with E-state index in [2.05, 4.69) is 51.4 Å². The van der Waals surface area contributed by atoms with Crippen LogP contribution >= 0.6 is 0 Å². The minimum atomic E-state index is 0.226. The molecule has 1 atom stereocenters. The highest BCUT2D eigenvalue weighted by Crippen LogP contribution is 2.44. The second-order valence-corrected chi connectivity index (χ2v) is 7.87. The number of rotatable bonds is 2. The molecule has 1 saturated heterocycles. The quantitative estimate of drug-likeness (QED) is 0.709. The van der Waals surface area contributed by atoms with E-state index in [-0.39, 0.29) is 5.41 Å². The highest BCUT2D eigenvalue weighted by atomic mass is 15.1. The van der Waals surface area contributed by atoms with Gasteiger partial charge in [-0.05, 0) is 62.4 Å². The van der Waals surface area contributed by atoms with Gasteiger partial charge in [0.15, 0.2) is 0 Å². The first-order valence-electron chi connectivity index (χ1n) is 9.62. The molecule has 1 aromatic carbocycles. The Hall–Kier alpha value is -2.33. The Bertz CT molecular complexity index is 958. The van der Waals surface area contributed by atoms with Gasteiger partial charge in [-0.2, -0.15) is 0 Å². The minimum absolute atomic E-state index is 0.226. The SMILES string of the molecule is Cc1ncc2c(n1)C1(CCCN(Cc3ccnc4ccccc34)C1)CC2. The zero-order chi connectivity index (χ0) is 17.6. The van der Waals surface area contributed by atoms with E-state index < -0.39 is 0 Å². The Labute approximate surface area is 154 Å². The summed E-state index contributed by atoms with van der Waals surface area (Å²) in [6.07, 6.45) is 8.84. The standard InChI is InChI=1S/C22H24N4/c1-16-24-13-17-7-10-22(21(17)25-16)9-4-12-26(15-22)14-18-8-11-23-20-6-3-2-5-19(18)20/h2-3,5-6,8,11,13H,4,7,9-10,12,14-15H2,1H3. The van der Waals surface area contributed by atoms with Gasteiger partial charge in [0.1, 0.15) is 5.82 Å². The summed E-state index contributed by atoms with van der Waals surface area (Å²) in [6.45, 7) is 5.27. The number of hydrogen-bond donors (Lipinski definition) is 0. The molecular weight excluding hydrogens is 320 g/mol. The summed E-state index contributed by atoms with van der Waals surface area (Å²) in [5.41, 5.74) is 5.39. The van der Waals surface area contributed by atoms with Crippen LogP contribution < -0.4 is 0 Å². The van der Waals surface area contributed by atoms with E-state index in [1.54, 1.807) is 0 Å². The molecule has 1 aliphatic carbocycles. The summed E-state index contributed by atoms with van der Waals surface area (Å²) in [4.78, 5) is 16.4. The Kier molecular flexibility index (Phi) is 3.75. The smallest absolute Gasteiger partial charge is 0.125 e. The molecule has 1 fully saturated rings. The molecule has 3 aromatic rings. The van der Waals surface area contributed by atoms with Gasteiger partial charge in [0.05, 0.1) is 11.2 Å². The van der Waals surface area contributed by atoms with Crippen LogP contribution in [0.3, 0.4) is 0 Å². The van der Waals surface area contributed by atoms with Crippen molar-refractivity contribution in [2.45, 2.75) is 44.6 Å². The lowest BCUT2D eigenvalue weighted by atomic mass is 9.77. The second-order valence-electron chi connectivity index (χ2n) is 7.87. The largest absolute Gasteiger partial charge is 0.298 e. The number of hydrogen-bond acceptors (Lipinski definition) is 4. The Morgan fingerprint density at radius 1 is 1.12 bits per heavy atom. The van der Waals surface area contributed by atoms with Crippen molar-refractivity contribution in [3.05, 3.63) is 65.4 Å². The maximum atomic E-state index is 4.87. The monoisotopic (exact) mass is 344 g/mol. The van der Waals surface area contributed by atoms with Crippen LogP contribution in [-0.2, 0) is 18.4 Å². The molecule has 0 saturated carbocycles. The van der Waals surface area contributed by atoms with Crippen molar-refractivity contribution in [3.8, 4) is 0 Å².